The van der Waals surface area contributed by atoms with Gasteiger partial charge in [-0.05, 0) is 52.3 Å². The molecule has 0 atom stereocenters. The van der Waals surface area contributed by atoms with Crippen LogP contribution in [0.5, 0.6) is 5.75 Å². The first kappa shape index (κ1) is 27.2. The Bertz CT molecular complexity index is 1720. The molecular formula is C33H36N4O3. The minimum atomic E-state index is -0.439. The third-order valence-corrected chi connectivity index (χ3v) is 7.22. The van der Waals surface area contributed by atoms with Gasteiger partial charge in [0, 0.05) is 6.54 Å². The molecule has 0 aliphatic heterocycles. The summed E-state index contributed by atoms with van der Waals surface area (Å²) in [5.41, 5.74) is 4.08. The van der Waals surface area contributed by atoms with E-state index in [1.54, 1.807) is 6.33 Å². The van der Waals surface area contributed by atoms with Crippen LogP contribution in [0.15, 0.2) is 94.8 Å². The number of benzene rings is 3. The maximum Gasteiger partial charge on any atom is 0.337 e. The number of para-hydroxylation sites is 1. The van der Waals surface area contributed by atoms with Crippen LogP contribution in [0, 0.1) is 0 Å². The molecule has 5 rings (SSSR count). The molecule has 0 saturated heterocycles. The molecular weight excluding hydrogens is 500 g/mol. The Morgan fingerprint density at radius 3 is 2.17 bits per heavy atom. The summed E-state index contributed by atoms with van der Waals surface area (Å²) < 4.78 is 10.4. The number of hydrogen-bond acceptors (Lipinski definition) is 4. The van der Waals surface area contributed by atoms with Gasteiger partial charge in [0.25, 0.3) is 5.56 Å². The molecule has 7 heteroatoms. The zero-order valence-electron chi connectivity index (χ0n) is 23.8. The van der Waals surface area contributed by atoms with Gasteiger partial charge in [-0.1, -0.05) is 89.2 Å². The SMILES string of the molecule is CC(C)c1ccc(-n2c(=O)n(CCOc3ccccc3)c(=O)c3c2ncn3Cc2ccc(C(C)(C)C)cc2)cc1. The Labute approximate surface area is 234 Å². The summed E-state index contributed by atoms with van der Waals surface area (Å²) in [7, 11) is 0. The van der Waals surface area contributed by atoms with Crippen LogP contribution in [0.4, 0.5) is 0 Å². The molecule has 0 aliphatic rings. The minimum absolute atomic E-state index is 0.0525. The lowest BCUT2D eigenvalue weighted by molar-refractivity contribution is 0.293. The van der Waals surface area contributed by atoms with Gasteiger partial charge >= 0.3 is 5.69 Å². The summed E-state index contributed by atoms with van der Waals surface area (Å²) in [6.07, 6.45) is 1.65. The van der Waals surface area contributed by atoms with E-state index in [4.69, 9.17) is 4.74 Å². The third-order valence-electron chi connectivity index (χ3n) is 7.22. The fraction of sp³-hybridized carbons (Fsp3) is 0.303. The van der Waals surface area contributed by atoms with Gasteiger partial charge in [-0.3, -0.25) is 9.36 Å². The lowest BCUT2D eigenvalue weighted by Crippen LogP contribution is -2.41. The monoisotopic (exact) mass is 536 g/mol. The second kappa shape index (κ2) is 11.0. The molecule has 2 heterocycles. The number of rotatable bonds is 8. The molecule has 3 aromatic carbocycles. The normalized spacial score (nSPS) is 11.8. The van der Waals surface area contributed by atoms with E-state index < -0.39 is 5.69 Å². The summed E-state index contributed by atoms with van der Waals surface area (Å²) in [6.45, 7) is 11.6. The highest BCUT2D eigenvalue weighted by Gasteiger charge is 2.20. The molecule has 0 N–H and O–H groups in total. The highest BCUT2D eigenvalue weighted by molar-refractivity contribution is 5.72. The van der Waals surface area contributed by atoms with Crippen molar-refractivity contribution in [1.82, 2.24) is 18.7 Å². The zero-order valence-corrected chi connectivity index (χ0v) is 23.8. The van der Waals surface area contributed by atoms with E-state index in [-0.39, 0.29) is 24.1 Å². The molecule has 2 aromatic heterocycles. The Kier molecular flexibility index (Phi) is 7.48. The topological polar surface area (TPSA) is 71.1 Å². The molecule has 5 aromatic rings. The van der Waals surface area contributed by atoms with Crippen LogP contribution in [-0.4, -0.2) is 25.3 Å². The summed E-state index contributed by atoms with van der Waals surface area (Å²) in [5.74, 6) is 1.05. The predicted octanol–water partition coefficient (Wildman–Crippen LogP) is 5.90. The summed E-state index contributed by atoms with van der Waals surface area (Å²) in [6, 6.07) is 25.6. The van der Waals surface area contributed by atoms with E-state index in [0.717, 1.165) is 5.56 Å². The standard InChI is InChI=1S/C33H36N4O3/c1-23(2)25-13-17-27(18-14-25)37-30-29(31(38)36(32(37)39)19-20-40-28-9-7-6-8-10-28)35(22-34-30)21-24-11-15-26(16-12-24)33(3,4)5/h6-18,22-23H,19-21H2,1-5H3. The Morgan fingerprint density at radius 2 is 1.55 bits per heavy atom. The van der Waals surface area contributed by atoms with Crippen molar-refractivity contribution in [2.24, 2.45) is 0 Å². The fourth-order valence-corrected chi connectivity index (χ4v) is 4.82. The number of hydrogen-bond donors (Lipinski definition) is 0. The summed E-state index contributed by atoms with van der Waals surface area (Å²) in [5, 5.41) is 0. The molecule has 40 heavy (non-hydrogen) atoms. The number of ether oxygens (including phenoxy) is 1. The van der Waals surface area contributed by atoms with Crippen molar-refractivity contribution >= 4 is 11.2 Å². The third kappa shape index (κ3) is 5.50. The van der Waals surface area contributed by atoms with Crippen molar-refractivity contribution in [3.8, 4) is 11.4 Å². The fourth-order valence-electron chi connectivity index (χ4n) is 4.82. The van der Waals surface area contributed by atoms with Gasteiger partial charge in [-0.15, -0.1) is 0 Å². The molecule has 0 unspecified atom stereocenters. The number of aromatic nitrogens is 4. The lowest BCUT2D eigenvalue weighted by atomic mass is 9.87. The van der Waals surface area contributed by atoms with E-state index in [1.807, 2.05) is 59.2 Å². The van der Waals surface area contributed by atoms with E-state index >= 15 is 0 Å². The Hall–Kier alpha value is -4.39. The quantitative estimate of drug-likeness (QED) is 0.248. The lowest BCUT2D eigenvalue weighted by Gasteiger charge is -2.19. The Morgan fingerprint density at radius 1 is 0.875 bits per heavy atom. The van der Waals surface area contributed by atoms with Crippen molar-refractivity contribution in [2.75, 3.05) is 6.61 Å². The highest BCUT2D eigenvalue weighted by atomic mass is 16.5. The second-order valence-corrected chi connectivity index (χ2v) is 11.5. The van der Waals surface area contributed by atoms with Crippen LogP contribution in [0.25, 0.3) is 16.9 Å². The summed E-state index contributed by atoms with van der Waals surface area (Å²) in [4.78, 5) is 32.2. The molecule has 0 radical (unpaired) electrons. The van der Waals surface area contributed by atoms with Crippen LogP contribution in [0.2, 0.25) is 0 Å². The van der Waals surface area contributed by atoms with Gasteiger partial charge < -0.3 is 9.30 Å². The molecule has 0 aliphatic carbocycles. The molecule has 0 bridgehead atoms. The van der Waals surface area contributed by atoms with Crippen LogP contribution < -0.4 is 16.0 Å². The smallest absolute Gasteiger partial charge is 0.337 e. The van der Waals surface area contributed by atoms with Crippen LogP contribution in [0.3, 0.4) is 0 Å². The highest BCUT2D eigenvalue weighted by Crippen LogP contribution is 2.23. The van der Waals surface area contributed by atoms with Gasteiger partial charge in [0.15, 0.2) is 11.2 Å². The average Bonchev–Trinajstić information content (AvgIpc) is 3.34. The van der Waals surface area contributed by atoms with Gasteiger partial charge in [0.2, 0.25) is 0 Å². The largest absolute Gasteiger partial charge is 0.492 e. The van der Waals surface area contributed by atoms with Crippen molar-refractivity contribution in [2.45, 2.75) is 59.0 Å². The van der Waals surface area contributed by atoms with Crippen molar-refractivity contribution in [1.29, 1.82) is 0 Å². The van der Waals surface area contributed by atoms with E-state index in [2.05, 4.69) is 63.9 Å². The van der Waals surface area contributed by atoms with Gasteiger partial charge in [-0.25, -0.2) is 14.3 Å². The summed E-state index contributed by atoms with van der Waals surface area (Å²) >= 11 is 0. The van der Waals surface area contributed by atoms with Gasteiger partial charge in [0.05, 0.1) is 18.6 Å². The van der Waals surface area contributed by atoms with E-state index in [1.165, 1.54) is 20.3 Å². The van der Waals surface area contributed by atoms with Crippen molar-refractivity contribution in [3.05, 3.63) is 123 Å². The molecule has 0 amide bonds. The first-order valence-corrected chi connectivity index (χ1v) is 13.7. The number of imidazole rings is 1. The Balaban J connectivity index is 1.59. The average molecular weight is 537 g/mol. The first-order valence-electron chi connectivity index (χ1n) is 13.7. The second-order valence-electron chi connectivity index (χ2n) is 11.5. The number of nitrogens with zero attached hydrogens (tertiary/aromatic N) is 4. The van der Waals surface area contributed by atoms with Crippen LogP contribution in [0.1, 0.15) is 57.2 Å². The van der Waals surface area contributed by atoms with E-state index in [0.29, 0.717) is 35.1 Å². The molecule has 0 saturated carbocycles. The van der Waals surface area contributed by atoms with Crippen LogP contribution >= 0.6 is 0 Å². The zero-order chi connectivity index (χ0) is 28.4. The number of fused-ring (bicyclic) bond motifs is 1. The van der Waals surface area contributed by atoms with Gasteiger partial charge in [-0.2, -0.15) is 0 Å². The van der Waals surface area contributed by atoms with Crippen LogP contribution in [-0.2, 0) is 18.5 Å². The first-order chi connectivity index (χ1) is 19.1. The molecule has 0 fully saturated rings. The maximum absolute atomic E-state index is 13.8. The maximum atomic E-state index is 13.8. The van der Waals surface area contributed by atoms with E-state index in [9.17, 15) is 9.59 Å². The van der Waals surface area contributed by atoms with Gasteiger partial charge in [0.1, 0.15) is 12.4 Å². The molecule has 0 spiro atoms. The van der Waals surface area contributed by atoms with Crippen molar-refractivity contribution < 1.29 is 4.74 Å². The molecule has 7 nitrogen and oxygen atoms in total. The predicted molar refractivity (Wildman–Crippen MR) is 160 cm³/mol. The molecule has 206 valence electrons. The minimum Gasteiger partial charge on any atom is -0.492 e. The van der Waals surface area contributed by atoms with Crippen molar-refractivity contribution in [3.63, 3.8) is 0 Å².